The smallest absolute Gasteiger partial charge is 0.338 e. The third-order valence-electron chi connectivity index (χ3n) is 5.08. The second-order valence-corrected chi connectivity index (χ2v) is 7.09. The molecule has 3 aromatic rings. The molecule has 0 unspecified atom stereocenters. The van der Waals surface area contributed by atoms with Crippen LogP contribution in [-0.4, -0.2) is 36.8 Å². The number of carbonyl (C=O) groups is 4. The summed E-state index contributed by atoms with van der Waals surface area (Å²) in [5.74, 6) is -2.16. The van der Waals surface area contributed by atoms with Crippen molar-refractivity contribution < 1.29 is 23.9 Å². The number of amides is 3. The Morgan fingerprint density at radius 3 is 2.00 bits per heavy atom. The molecule has 8 heteroatoms. The molecule has 0 spiro atoms. The number of imide groups is 1. The van der Waals surface area contributed by atoms with Crippen molar-refractivity contribution in [1.82, 2.24) is 0 Å². The second-order valence-electron chi connectivity index (χ2n) is 7.09. The van der Waals surface area contributed by atoms with E-state index < -0.39 is 30.3 Å². The number of hydrogen-bond acceptors (Lipinski definition) is 6. The Morgan fingerprint density at radius 2 is 1.42 bits per heavy atom. The number of esters is 1. The number of ether oxygens (including phenoxy) is 1. The predicted molar refractivity (Wildman–Crippen MR) is 119 cm³/mol. The summed E-state index contributed by atoms with van der Waals surface area (Å²) >= 11 is 0. The highest BCUT2D eigenvalue weighted by Crippen LogP contribution is 2.28. The van der Waals surface area contributed by atoms with Crippen LogP contribution in [0.4, 0.5) is 11.4 Å². The van der Waals surface area contributed by atoms with Crippen LogP contribution in [-0.2, 0) is 9.53 Å². The molecule has 0 N–H and O–H groups in total. The summed E-state index contributed by atoms with van der Waals surface area (Å²) in [6.07, 6.45) is 0. The van der Waals surface area contributed by atoms with Crippen LogP contribution in [0.1, 0.15) is 31.1 Å². The van der Waals surface area contributed by atoms with Crippen molar-refractivity contribution in [2.75, 3.05) is 23.0 Å². The lowest BCUT2D eigenvalue weighted by Crippen LogP contribution is -2.35. The lowest BCUT2D eigenvalue weighted by atomic mass is 10.1. The fraction of sp³-hybridized carbons (Fsp3) is 0.0800. The minimum absolute atomic E-state index is 0.148. The van der Waals surface area contributed by atoms with E-state index >= 15 is 0 Å². The molecule has 1 aliphatic heterocycles. The van der Waals surface area contributed by atoms with Crippen LogP contribution in [0.5, 0.6) is 0 Å². The highest BCUT2D eigenvalue weighted by atomic mass is 16.5. The summed E-state index contributed by atoms with van der Waals surface area (Å²) in [7, 11) is 0. The van der Waals surface area contributed by atoms with E-state index in [9.17, 15) is 19.2 Å². The van der Waals surface area contributed by atoms with Crippen molar-refractivity contribution in [3.8, 4) is 6.07 Å². The number of hydrogen-bond donors (Lipinski definition) is 0. The molecule has 33 heavy (non-hydrogen) atoms. The van der Waals surface area contributed by atoms with Crippen LogP contribution in [0.3, 0.4) is 0 Å². The molecule has 3 amide bonds. The summed E-state index contributed by atoms with van der Waals surface area (Å²) in [5.41, 5.74) is 1.63. The first-order valence-corrected chi connectivity index (χ1v) is 9.98. The fourth-order valence-corrected chi connectivity index (χ4v) is 3.46. The Labute approximate surface area is 189 Å². The maximum atomic E-state index is 12.6. The van der Waals surface area contributed by atoms with Gasteiger partial charge < -0.3 is 4.74 Å². The van der Waals surface area contributed by atoms with Gasteiger partial charge in [0.15, 0.2) is 6.61 Å². The van der Waals surface area contributed by atoms with Gasteiger partial charge in [-0.05, 0) is 48.5 Å². The van der Waals surface area contributed by atoms with E-state index in [1.165, 1.54) is 29.2 Å². The van der Waals surface area contributed by atoms with E-state index in [0.717, 1.165) is 4.90 Å². The Kier molecular flexibility index (Phi) is 5.96. The molecule has 1 heterocycles. The van der Waals surface area contributed by atoms with Gasteiger partial charge in [-0.15, -0.1) is 0 Å². The Hall–Kier alpha value is -4.77. The maximum Gasteiger partial charge on any atom is 0.338 e. The third-order valence-corrected chi connectivity index (χ3v) is 5.08. The Morgan fingerprint density at radius 1 is 0.848 bits per heavy atom. The van der Waals surface area contributed by atoms with Gasteiger partial charge in [-0.25, -0.2) is 9.69 Å². The summed E-state index contributed by atoms with van der Waals surface area (Å²) in [4.78, 5) is 52.3. The van der Waals surface area contributed by atoms with Crippen LogP contribution < -0.4 is 9.80 Å². The van der Waals surface area contributed by atoms with Crippen LogP contribution >= 0.6 is 0 Å². The van der Waals surface area contributed by atoms with E-state index in [1.807, 2.05) is 6.07 Å². The van der Waals surface area contributed by atoms with Gasteiger partial charge in [0.05, 0.1) is 28.4 Å². The third kappa shape index (κ3) is 4.20. The number of nitrogens with zero attached hydrogens (tertiary/aromatic N) is 3. The Bertz CT molecular complexity index is 1240. The van der Waals surface area contributed by atoms with Gasteiger partial charge in [-0.3, -0.25) is 19.3 Å². The maximum absolute atomic E-state index is 12.6. The average molecular weight is 439 g/mol. The minimum atomic E-state index is -0.748. The normalized spacial score (nSPS) is 12.2. The first-order valence-electron chi connectivity index (χ1n) is 9.98. The molecule has 0 aromatic heterocycles. The van der Waals surface area contributed by atoms with Crippen LogP contribution in [0.2, 0.25) is 0 Å². The average Bonchev–Trinajstić information content (AvgIpc) is 3.11. The lowest BCUT2D eigenvalue weighted by Gasteiger charge is -2.19. The molecule has 4 rings (SSSR count). The summed E-state index contributed by atoms with van der Waals surface area (Å²) in [6, 6.07) is 22.8. The Balaban J connectivity index is 1.42. The summed E-state index contributed by atoms with van der Waals surface area (Å²) in [5, 5.41) is 9.01. The number of benzene rings is 3. The van der Waals surface area contributed by atoms with E-state index in [-0.39, 0.29) is 12.1 Å². The highest BCUT2D eigenvalue weighted by Gasteiger charge is 2.36. The summed E-state index contributed by atoms with van der Waals surface area (Å²) in [6.45, 7) is -0.731. The predicted octanol–water partition coefficient (Wildman–Crippen LogP) is 3.20. The van der Waals surface area contributed by atoms with E-state index in [2.05, 4.69) is 0 Å². The van der Waals surface area contributed by atoms with Crippen molar-refractivity contribution in [3.63, 3.8) is 0 Å². The molecular formula is C25H17N3O5. The molecule has 0 saturated carbocycles. The second kappa shape index (κ2) is 9.16. The van der Waals surface area contributed by atoms with Crippen molar-refractivity contribution >= 4 is 35.1 Å². The summed E-state index contributed by atoms with van der Waals surface area (Å²) < 4.78 is 5.11. The highest BCUT2D eigenvalue weighted by molar-refractivity contribution is 6.34. The molecule has 8 nitrogen and oxygen atoms in total. The van der Waals surface area contributed by atoms with E-state index in [0.29, 0.717) is 22.5 Å². The molecule has 0 fully saturated rings. The standard InChI is InChI=1S/C25H17N3O5/c26-14-15-27(18-6-2-1-3-7-18)22(29)16-33-25(32)17-10-12-19(13-11-17)28-23(30)20-8-4-5-9-21(20)24(28)31/h1-13H,15-16H2. The van der Waals surface area contributed by atoms with Crippen molar-refractivity contribution in [3.05, 3.63) is 95.6 Å². The SMILES string of the molecule is N#CCN(C(=O)COC(=O)c1ccc(N2C(=O)c3ccccc3C2=O)cc1)c1ccccc1. The number of fused-ring (bicyclic) bond motifs is 1. The van der Waals surface area contributed by atoms with Crippen molar-refractivity contribution in [2.24, 2.45) is 0 Å². The monoisotopic (exact) mass is 439 g/mol. The molecule has 0 atom stereocenters. The van der Waals surface area contributed by atoms with Crippen LogP contribution in [0.15, 0.2) is 78.9 Å². The first-order chi connectivity index (χ1) is 16.0. The van der Waals surface area contributed by atoms with Crippen LogP contribution in [0.25, 0.3) is 0 Å². The van der Waals surface area contributed by atoms with Gasteiger partial charge in [0.2, 0.25) is 0 Å². The zero-order chi connectivity index (χ0) is 23.4. The largest absolute Gasteiger partial charge is 0.452 e. The minimum Gasteiger partial charge on any atom is -0.452 e. The number of rotatable bonds is 6. The first kappa shape index (κ1) is 21.5. The zero-order valence-electron chi connectivity index (χ0n) is 17.3. The lowest BCUT2D eigenvalue weighted by molar-refractivity contribution is -0.121. The zero-order valence-corrected chi connectivity index (χ0v) is 17.3. The van der Waals surface area contributed by atoms with Crippen molar-refractivity contribution in [2.45, 2.75) is 0 Å². The van der Waals surface area contributed by atoms with Gasteiger partial charge in [-0.1, -0.05) is 30.3 Å². The van der Waals surface area contributed by atoms with Gasteiger partial charge in [-0.2, -0.15) is 5.26 Å². The number of nitriles is 1. The van der Waals surface area contributed by atoms with Gasteiger partial charge in [0.1, 0.15) is 6.54 Å². The quantitative estimate of drug-likeness (QED) is 0.332. The molecule has 1 aliphatic rings. The number of carbonyl (C=O) groups excluding carboxylic acids is 4. The van der Waals surface area contributed by atoms with Gasteiger partial charge in [0.25, 0.3) is 17.7 Å². The van der Waals surface area contributed by atoms with E-state index in [1.54, 1.807) is 54.6 Å². The molecule has 0 aliphatic carbocycles. The molecular weight excluding hydrogens is 422 g/mol. The van der Waals surface area contributed by atoms with Gasteiger partial charge in [0, 0.05) is 5.69 Å². The van der Waals surface area contributed by atoms with E-state index in [4.69, 9.17) is 10.00 Å². The van der Waals surface area contributed by atoms with Gasteiger partial charge >= 0.3 is 5.97 Å². The number of para-hydroxylation sites is 1. The molecule has 3 aromatic carbocycles. The fourth-order valence-electron chi connectivity index (χ4n) is 3.46. The topological polar surface area (TPSA) is 108 Å². The van der Waals surface area contributed by atoms with Crippen LogP contribution in [0, 0.1) is 11.3 Å². The molecule has 0 radical (unpaired) electrons. The molecule has 0 bridgehead atoms. The molecule has 0 saturated heterocycles. The van der Waals surface area contributed by atoms with Crippen molar-refractivity contribution in [1.29, 1.82) is 5.26 Å². The number of anilines is 2. The molecule has 162 valence electrons.